The number of aryl methyl sites for hydroxylation is 1. The molecule has 2 aliphatic rings. The summed E-state index contributed by atoms with van der Waals surface area (Å²) in [6.45, 7) is 8.81. The van der Waals surface area contributed by atoms with E-state index in [9.17, 15) is 14.7 Å². The third kappa shape index (κ3) is 5.97. The molecule has 1 atom stereocenters. The number of rotatable bonds is 10. The topological polar surface area (TPSA) is 88.5 Å². The summed E-state index contributed by atoms with van der Waals surface area (Å²) in [4.78, 5) is 30.5. The number of aliphatic hydroxyl groups excluding tert-OH is 1. The number of nitrogens with zero attached hydrogens (tertiary/aromatic N) is 2. The van der Waals surface area contributed by atoms with Gasteiger partial charge in [-0.2, -0.15) is 0 Å². The normalized spacial score (nSPS) is 19.9. The number of hydrogen-bond donors (Lipinski definition) is 1. The number of methoxy groups -OCH3 is 1. The molecule has 0 aliphatic carbocycles. The van der Waals surface area contributed by atoms with Crippen LogP contribution >= 0.6 is 0 Å². The molecule has 37 heavy (non-hydrogen) atoms. The first-order chi connectivity index (χ1) is 17.9. The lowest BCUT2D eigenvalue weighted by Gasteiger charge is -2.29. The van der Waals surface area contributed by atoms with Crippen molar-refractivity contribution in [3.05, 3.63) is 64.7 Å². The van der Waals surface area contributed by atoms with Crippen LogP contribution in [-0.2, 0) is 14.3 Å². The highest BCUT2D eigenvalue weighted by atomic mass is 16.5. The molecule has 2 aliphatic heterocycles. The third-order valence-corrected chi connectivity index (χ3v) is 6.81. The van der Waals surface area contributed by atoms with E-state index in [1.54, 1.807) is 36.3 Å². The molecule has 2 aromatic carbocycles. The van der Waals surface area contributed by atoms with Crippen LogP contribution in [0.4, 0.5) is 0 Å². The van der Waals surface area contributed by atoms with Crippen LogP contribution in [0.2, 0.25) is 0 Å². The van der Waals surface area contributed by atoms with Crippen molar-refractivity contribution in [2.75, 3.05) is 53.1 Å². The number of amides is 1. The molecule has 8 nitrogen and oxygen atoms in total. The van der Waals surface area contributed by atoms with Gasteiger partial charge in [0.05, 0.1) is 38.5 Å². The van der Waals surface area contributed by atoms with Crippen LogP contribution in [0, 0.1) is 6.92 Å². The van der Waals surface area contributed by atoms with Gasteiger partial charge in [-0.25, -0.2) is 0 Å². The van der Waals surface area contributed by atoms with Crippen molar-refractivity contribution in [3.63, 3.8) is 0 Å². The van der Waals surface area contributed by atoms with E-state index in [4.69, 9.17) is 14.2 Å². The molecule has 2 aromatic rings. The molecule has 2 heterocycles. The van der Waals surface area contributed by atoms with Gasteiger partial charge in [0.25, 0.3) is 11.7 Å². The Hall–Kier alpha value is -3.36. The average Bonchev–Trinajstić information content (AvgIpc) is 3.17. The Balaban J connectivity index is 1.70. The maximum Gasteiger partial charge on any atom is 0.295 e. The Morgan fingerprint density at radius 1 is 1.05 bits per heavy atom. The smallest absolute Gasteiger partial charge is 0.295 e. The molecule has 2 saturated heterocycles. The summed E-state index contributed by atoms with van der Waals surface area (Å²) in [5, 5.41) is 11.3. The van der Waals surface area contributed by atoms with Gasteiger partial charge in [0.15, 0.2) is 11.5 Å². The van der Waals surface area contributed by atoms with E-state index in [0.717, 1.165) is 31.6 Å². The van der Waals surface area contributed by atoms with Crippen LogP contribution in [0.1, 0.15) is 42.5 Å². The van der Waals surface area contributed by atoms with Crippen LogP contribution in [0.5, 0.6) is 11.5 Å². The number of ketones is 1. The van der Waals surface area contributed by atoms with Crippen molar-refractivity contribution in [1.82, 2.24) is 9.80 Å². The minimum Gasteiger partial charge on any atom is -0.507 e. The Bertz CT molecular complexity index is 1140. The fraction of sp³-hybridized carbons (Fsp3) is 0.448. The molecule has 0 bridgehead atoms. The number of morpholine rings is 1. The number of benzene rings is 2. The average molecular weight is 509 g/mol. The number of aliphatic hydroxyl groups is 1. The summed E-state index contributed by atoms with van der Waals surface area (Å²) in [6.07, 6.45) is 1.55. The van der Waals surface area contributed by atoms with E-state index in [1.165, 1.54) is 0 Å². The predicted molar refractivity (Wildman–Crippen MR) is 141 cm³/mol. The zero-order valence-electron chi connectivity index (χ0n) is 21.9. The van der Waals surface area contributed by atoms with Crippen LogP contribution in [-0.4, -0.2) is 79.7 Å². The molecule has 198 valence electrons. The lowest BCUT2D eigenvalue weighted by Crippen LogP contribution is -2.39. The summed E-state index contributed by atoms with van der Waals surface area (Å²) in [6, 6.07) is 11.9. The molecule has 0 spiro atoms. The first-order valence-electron chi connectivity index (χ1n) is 12.9. The number of Topliss-reactive ketones (excluding diaryl/α,β-unsaturated/α-hetero) is 1. The second kappa shape index (κ2) is 12.3. The second-order valence-electron chi connectivity index (χ2n) is 9.42. The highest BCUT2D eigenvalue weighted by Gasteiger charge is 2.46. The predicted octanol–water partition coefficient (Wildman–Crippen LogP) is 3.94. The van der Waals surface area contributed by atoms with Crippen molar-refractivity contribution in [3.8, 4) is 11.5 Å². The Kier molecular flexibility index (Phi) is 8.84. The van der Waals surface area contributed by atoms with Gasteiger partial charge in [-0.3, -0.25) is 14.5 Å². The van der Waals surface area contributed by atoms with Crippen molar-refractivity contribution >= 4 is 17.4 Å². The zero-order valence-corrected chi connectivity index (χ0v) is 21.9. The minimum atomic E-state index is -0.736. The number of carbonyl (C=O) groups is 2. The Morgan fingerprint density at radius 2 is 1.78 bits per heavy atom. The Labute approximate surface area is 218 Å². The molecular weight excluding hydrogens is 472 g/mol. The molecule has 0 radical (unpaired) electrons. The van der Waals surface area contributed by atoms with Gasteiger partial charge < -0.3 is 24.2 Å². The van der Waals surface area contributed by atoms with Crippen LogP contribution < -0.4 is 9.47 Å². The molecule has 0 unspecified atom stereocenters. The molecule has 4 rings (SSSR count). The van der Waals surface area contributed by atoms with Gasteiger partial charge in [0.2, 0.25) is 0 Å². The van der Waals surface area contributed by atoms with E-state index in [2.05, 4.69) is 4.90 Å². The number of likely N-dealkylation sites (tertiary alicyclic amines) is 1. The maximum absolute atomic E-state index is 13.3. The quantitative estimate of drug-likeness (QED) is 0.295. The SMILES string of the molecule is CCCOc1ccc([C@H]2C(=C(O)c3ccc(C)cc3)C(=O)C(=O)N2CCCN2CCOCC2)cc1OC. The van der Waals surface area contributed by atoms with Crippen LogP contribution in [0.25, 0.3) is 5.76 Å². The molecule has 1 N–H and O–H groups in total. The van der Waals surface area contributed by atoms with E-state index >= 15 is 0 Å². The fourth-order valence-corrected chi connectivity index (χ4v) is 4.80. The molecule has 0 aromatic heterocycles. The van der Waals surface area contributed by atoms with Gasteiger partial charge in [0.1, 0.15) is 5.76 Å². The largest absolute Gasteiger partial charge is 0.507 e. The van der Waals surface area contributed by atoms with Crippen LogP contribution in [0.3, 0.4) is 0 Å². The first-order valence-corrected chi connectivity index (χ1v) is 12.9. The maximum atomic E-state index is 13.3. The first kappa shape index (κ1) is 26.7. The monoisotopic (exact) mass is 508 g/mol. The number of hydrogen-bond acceptors (Lipinski definition) is 7. The molecule has 1 amide bonds. The highest BCUT2D eigenvalue weighted by Crippen LogP contribution is 2.42. The summed E-state index contributed by atoms with van der Waals surface area (Å²) in [5.41, 5.74) is 2.30. The number of carbonyl (C=O) groups excluding carboxylic acids is 2. The summed E-state index contributed by atoms with van der Waals surface area (Å²) in [5.74, 6) is -0.356. The lowest BCUT2D eigenvalue weighted by atomic mass is 9.94. The fourth-order valence-electron chi connectivity index (χ4n) is 4.80. The molecule has 2 fully saturated rings. The van der Waals surface area contributed by atoms with Crippen molar-refractivity contribution < 1.29 is 28.9 Å². The van der Waals surface area contributed by atoms with Crippen molar-refractivity contribution in [1.29, 1.82) is 0 Å². The Morgan fingerprint density at radius 3 is 2.46 bits per heavy atom. The molecule has 8 heteroatoms. The summed E-state index contributed by atoms with van der Waals surface area (Å²) < 4.78 is 16.8. The van der Waals surface area contributed by atoms with E-state index in [0.29, 0.717) is 55.4 Å². The van der Waals surface area contributed by atoms with Gasteiger partial charge in [-0.1, -0.05) is 42.8 Å². The third-order valence-electron chi connectivity index (χ3n) is 6.81. The van der Waals surface area contributed by atoms with Crippen LogP contribution in [0.15, 0.2) is 48.0 Å². The number of ether oxygens (including phenoxy) is 3. The van der Waals surface area contributed by atoms with Gasteiger partial charge >= 0.3 is 0 Å². The van der Waals surface area contributed by atoms with E-state index in [1.807, 2.05) is 32.0 Å². The van der Waals surface area contributed by atoms with Gasteiger partial charge in [-0.05, 0) is 37.5 Å². The van der Waals surface area contributed by atoms with Gasteiger partial charge in [-0.15, -0.1) is 0 Å². The lowest BCUT2D eigenvalue weighted by molar-refractivity contribution is -0.140. The standard InChI is InChI=1S/C29H36N2O6/c1-4-16-37-23-11-10-22(19-24(23)35-3)26-25(27(32)21-8-6-20(2)7-9-21)28(33)29(34)31(26)13-5-12-30-14-17-36-18-15-30/h6-11,19,26,32H,4-5,12-18H2,1-3H3/t26-/m0/s1. The second-order valence-corrected chi connectivity index (χ2v) is 9.42. The minimum absolute atomic E-state index is 0.0875. The summed E-state index contributed by atoms with van der Waals surface area (Å²) >= 11 is 0. The van der Waals surface area contributed by atoms with Crippen molar-refractivity contribution in [2.24, 2.45) is 0 Å². The summed E-state index contributed by atoms with van der Waals surface area (Å²) in [7, 11) is 1.56. The van der Waals surface area contributed by atoms with Gasteiger partial charge in [0, 0.05) is 31.7 Å². The molecule has 0 saturated carbocycles. The van der Waals surface area contributed by atoms with E-state index in [-0.39, 0.29) is 11.3 Å². The van der Waals surface area contributed by atoms with Crippen molar-refractivity contribution in [2.45, 2.75) is 32.7 Å². The van der Waals surface area contributed by atoms with E-state index < -0.39 is 17.7 Å². The highest BCUT2D eigenvalue weighted by molar-refractivity contribution is 6.46. The molecular formula is C29H36N2O6. The zero-order chi connectivity index (χ0) is 26.4.